The van der Waals surface area contributed by atoms with Gasteiger partial charge in [0.1, 0.15) is 0 Å². The fourth-order valence-corrected chi connectivity index (χ4v) is 8.41. The van der Waals surface area contributed by atoms with Crippen molar-refractivity contribution in [3.05, 3.63) is 63.2 Å². The van der Waals surface area contributed by atoms with Gasteiger partial charge in [0.05, 0.1) is 5.25 Å². The van der Waals surface area contributed by atoms with Gasteiger partial charge < -0.3 is 0 Å². The van der Waals surface area contributed by atoms with Crippen molar-refractivity contribution in [3.8, 4) is 0 Å². The lowest BCUT2D eigenvalue weighted by Gasteiger charge is -2.23. The van der Waals surface area contributed by atoms with Gasteiger partial charge in [-0.1, -0.05) is 55.1 Å². The molecule has 2 aliphatic rings. The van der Waals surface area contributed by atoms with E-state index in [9.17, 15) is 0 Å². The molecule has 0 bridgehead atoms. The molecule has 0 spiro atoms. The summed E-state index contributed by atoms with van der Waals surface area (Å²) in [5.74, 6) is 0. The number of thioether (sulfide) groups is 1. The standard InChI is InChI=1S/C17H19ClSSi/c1-11-10-14-15(13-8-6-5-7-9-13)12(2)19-16(14)17(11)20(3,4)18/h5-10,16H,1-4H3. The van der Waals surface area contributed by atoms with Crippen LogP contribution in [0.4, 0.5) is 0 Å². The molecule has 0 nitrogen and oxygen atoms in total. The predicted octanol–water partition coefficient (Wildman–Crippen LogP) is 5.77. The molecule has 0 saturated heterocycles. The maximum atomic E-state index is 6.76. The normalized spacial score (nSPS) is 22.4. The molecule has 0 aromatic heterocycles. The molecule has 3 rings (SSSR count). The van der Waals surface area contributed by atoms with Crippen LogP contribution in [0.2, 0.25) is 13.1 Å². The monoisotopic (exact) mass is 318 g/mol. The zero-order valence-electron chi connectivity index (χ0n) is 12.3. The smallest absolute Gasteiger partial charge is 0.162 e. The Morgan fingerprint density at radius 2 is 1.75 bits per heavy atom. The fourth-order valence-electron chi connectivity index (χ4n) is 3.27. The summed E-state index contributed by atoms with van der Waals surface area (Å²) in [7, 11) is -1.78. The van der Waals surface area contributed by atoms with Crippen molar-refractivity contribution in [2.75, 3.05) is 0 Å². The molecule has 0 N–H and O–H groups in total. The molecule has 3 heteroatoms. The predicted molar refractivity (Wildman–Crippen MR) is 94.5 cm³/mol. The molecule has 0 saturated carbocycles. The topological polar surface area (TPSA) is 0 Å². The average Bonchev–Trinajstić information content (AvgIpc) is 2.81. The molecule has 1 aliphatic heterocycles. The highest BCUT2D eigenvalue weighted by molar-refractivity contribution is 8.04. The molecule has 1 aromatic carbocycles. The molecule has 104 valence electrons. The summed E-state index contributed by atoms with van der Waals surface area (Å²) >= 11 is 8.74. The molecular weight excluding hydrogens is 300 g/mol. The zero-order chi connectivity index (χ0) is 14.5. The van der Waals surface area contributed by atoms with E-state index in [0.29, 0.717) is 5.25 Å². The Bertz CT molecular complexity index is 647. The van der Waals surface area contributed by atoms with Crippen molar-refractivity contribution in [1.82, 2.24) is 0 Å². The van der Waals surface area contributed by atoms with Crippen molar-refractivity contribution < 1.29 is 0 Å². The number of hydrogen-bond acceptors (Lipinski definition) is 1. The molecule has 1 aliphatic carbocycles. The number of hydrogen-bond donors (Lipinski definition) is 0. The minimum absolute atomic E-state index is 0.462. The summed E-state index contributed by atoms with van der Waals surface area (Å²) in [4.78, 5) is 1.42. The Balaban J connectivity index is 2.04. The Hall–Kier alpha value is -0.703. The van der Waals surface area contributed by atoms with Crippen LogP contribution < -0.4 is 0 Å². The van der Waals surface area contributed by atoms with Crippen LogP contribution in [0.15, 0.2) is 57.7 Å². The van der Waals surface area contributed by atoms with Crippen LogP contribution in [-0.4, -0.2) is 12.6 Å². The molecule has 0 fully saturated rings. The Labute approximate surface area is 131 Å². The lowest BCUT2D eigenvalue weighted by atomic mass is 9.97. The first kappa shape index (κ1) is 14.2. The molecular formula is C17H19ClSSi. The number of halogens is 1. The van der Waals surface area contributed by atoms with Crippen LogP contribution in [0.1, 0.15) is 19.4 Å². The van der Waals surface area contributed by atoms with Crippen LogP contribution in [0.5, 0.6) is 0 Å². The molecule has 1 heterocycles. The van der Waals surface area contributed by atoms with E-state index in [1.807, 2.05) is 11.8 Å². The van der Waals surface area contributed by atoms with Crippen molar-refractivity contribution >= 4 is 35.8 Å². The van der Waals surface area contributed by atoms with E-state index in [0.717, 1.165) is 0 Å². The Morgan fingerprint density at radius 3 is 2.35 bits per heavy atom. The number of rotatable bonds is 2. The minimum Gasteiger partial charge on any atom is -0.162 e. The van der Waals surface area contributed by atoms with E-state index in [-0.39, 0.29) is 0 Å². The van der Waals surface area contributed by atoms with Gasteiger partial charge in [-0.3, -0.25) is 0 Å². The molecule has 1 atom stereocenters. The highest BCUT2D eigenvalue weighted by atomic mass is 35.6. The van der Waals surface area contributed by atoms with E-state index < -0.39 is 7.38 Å². The van der Waals surface area contributed by atoms with E-state index in [1.54, 1.807) is 0 Å². The van der Waals surface area contributed by atoms with E-state index in [1.165, 1.54) is 32.4 Å². The third-order valence-electron chi connectivity index (χ3n) is 3.98. The Morgan fingerprint density at radius 1 is 1.10 bits per heavy atom. The third kappa shape index (κ3) is 2.24. The largest absolute Gasteiger partial charge is 0.178 e. The first-order valence-electron chi connectivity index (χ1n) is 6.94. The highest BCUT2D eigenvalue weighted by Crippen LogP contribution is 2.54. The maximum Gasteiger partial charge on any atom is 0.178 e. The minimum atomic E-state index is -1.78. The number of fused-ring (bicyclic) bond motifs is 1. The van der Waals surface area contributed by atoms with Crippen LogP contribution >= 0.6 is 22.8 Å². The van der Waals surface area contributed by atoms with Gasteiger partial charge in [-0.05, 0) is 40.7 Å². The van der Waals surface area contributed by atoms with E-state index in [2.05, 4.69) is 63.3 Å². The highest BCUT2D eigenvalue weighted by Gasteiger charge is 2.42. The van der Waals surface area contributed by atoms with Crippen molar-refractivity contribution in [2.45, 2.75) is 32.2 Å². The molecule has 1 unspecified atom stereocenters. The van der Waals surface area contributed by atoms with Gasteiger partial charge in [0.2, 0.25) is 0 Å². The molecule has 0 radical (unpaired) electrons. The second kappa shape index (κ2) is 4.94. The lowest BCUT2D eigenvalue weighted by Crippen LogP contribution is -2.27. The van der Waals surface area contributed by atoms with Gasteiger partial charge in [0.15, 0.2) is 7.38 Å². The molecule has 1 aromatic rings. The van der Waals surface area contributed by atoms with Crippen LogP contribution in [0.25, 0.3) is 5.57 Å². The second-order valence-corrected chi connectivity index (χ2v) is 13.6. The SMILES string of the molecule is CC1=C([Si](C)(C)Cl)C2SC(C)=C(c3ccccc3)C2=C1. The average molecular weight is 319 g/mol. The first-order chi connectivity index (χ1) is 9.39. The Kier molecular flexibility index (Phi) is 3.52. The van der Waals surface area contributed by atoms with Gasteiger partial charge in [0.25, 0.3) is 0 Å². The summed E-state index contributed by atoms with van der Waals surface area (Å²) in [6.45, 7) is 8.93. The van der Waals surface area contributed by atoms with E-state index >= 15 is 0 Å². The van der Waals surface area contributed by atoms with Gasteiger partial charge in [0, 0.05) is 0 Å². The van der Waals surface area contributed by atoms with Crippen LogP contribution in [0.3, 0.4) is 0 Å². The van der Waals surface area contributed by atoms with Crippen LogP contribution in [-0.2, 0) is 0 Å². The quantitative estimate of drug-likeness (QED) is 0.492. The number of allylic oxidation sites excluding steroid dienone is 4. The second-order valence-electron chi connectivity index (χ2n) is 5.96. The van der Waals surface area contributed by atoms with Crippen LogP contribution in [0, 0.1) is 0 Å². The summed E-state index contributed by atoms with van der Waals surface area (Å²) < 4.78 is 0. The maximum absolute atomic E-state index is 6.76. The zero-order valence-corrected chi connectivity index (χ0v) is 14.9. The third-order valence-corrected chi connectivity index (χ3v) is 8.05. The van der Waals surface area contributed by atoms with Crippen molar-refractivity contribution in [2.24, 2.45) is 0 Å². The van der Waals surface area contributed by atoms with Crippen molar-refractivity contribution in [3.63, 3.8) is 0 Å². The summed E-state index contributed by atoms with van der Waals surface area (Å²) in [5.41, 5.74) is 5.61. The molecule has 0 amide bonds. The van der Waals surface area contributed by atoms with Gasteiger partial charge in [-0.2, -0.15) is 11.1 Å². The van der Waals surface area contributed by atoms with E-state index in [4.69, 9.17) is 11.1 Å². The van der Waals surface area contributed by atoms with Gasteiger partial charge >= 0.3 is 0 Å². The number of benzene rings is 1. The summed E-state index contributed by atoms with van der Waals surface area (Å²) in [5, 5.41) is 1.97. The lowest BCUT2D eigenvalue weighted by molar-refractivity contribution is 1.32. The summed E-state index contributed by atoms with van der Waals surface area (Å²) in [6, 6.07) is 10.7. The van der Waals surface area contributed by atoms with Crippen molar-refractivity contribution in [1.29, 1.82) is 0 Å². The fraction of sp³-hybridized carbons (Fsp3) is 0.294. The van der Waals surface area contributed by atoms with Gasteiger partial charge in [-0.15, -0.1) is 11.8 Å². The summed E-state index contributed by atoms with van der Waals surface area (Å²) in [6.07, 6.45) is 2.36. The first-order valence-corrected chi connectivity index (χ1v) is 11.8. The molecule has 20 heavy (non-hydrogen) atoms. The van der Waals surface area contributed by atoms with Gasteiger partial charge in [-0.25, -0.2) is 0 Å².